The van der Waals surface area contributed by atoms with E-state index in [4.69, 9.17) is 16.3 Å². The Kier molecular flexibility index (Phi) is 6.35. The molecule has 0 bridgehead atoms. The molecule has 0 fully saturated rings. The smallest absolute Gasteiger partial charge is 0.417 e. The average molecular weight is 453 g/mol. The second-order valence-corrected chi connectivity index (χ2v) is 7.00. The molecule has 0 aliphatic rings. The van der Waals surface area contributed by atoms with Crippen LogP contribution < -0.4 is 10.3 Å². The van der Waals surface area contributed by atoms with E-state index in [0.717, 1.165) is 35.0 Å². The van der Waals surface area contributed by atoms with Crippen molar-refractivity contribution >= 4 is 17.6 Å². The molecule has 31 heavy (non-hydrogen) atoms. The van der Waals surface area contributed by atoms with Crippen LogP contribution in [-0.4, -0.2) is 27.7 Å². The van der Waals surface area contributed by atoms with Gasteiger partial charge in [0, 0.05) is 35.0 Å². The zero-order valence-corrected chi connectivity index (χ0v) is 16.8. The third kappa shape index (κ3) is 4.88. The van der Waals surface area contributed by atoms with Gasteiger partial charge in [0.2, 0.25) is 0 Å². The highest BCUT2D eigenvalue weighted by atomic mass is 35.5. The summed E-state index contributed by atoms with van der Waals surface area (Å²) in [7, 11) is 1.21. The number of hydrogen-bond donors (Lipinski definition) is 1. The fraction of sp³-hybridized carbons (Fsp3) is 0.190. The van der Waals surface area contributed by atoms with Crippen molar-refractivity contribution < 1.29 is 27.8 Å². The van der Waals surface area contributed by atoms with E-state index in [1.807, 2.05) is 0 Å². The van der Waals surface area contributed by atoms with Crippen LogP contribution in [0.1, 0.15) is 17.3 Å². The monoisotopic (exact) mass is 452 g/mol. The number of carboxylic acid groups (broad SMARTS) is 1. The maximum atomic E-state index is 13.5. The van der Waals surface area contributed by atoms with Crippen molar-refractivity contribution in [2.24, 2.45) is 0 Å². The molecule has 1 N–H and O–H groups in total. The van der Waals surface area contributed by atoms with Crippen molar-refractivity contribution in [3.63, 3.8) is 0 Å². The summed E-state index contributed by atoms with van der Waals surface area (Å²) in [6, 6.07) is 7.49. The van der Waals surface area contributed by atoms with E-state index in [1.165, 1.54) is 13.3 Å². The molecule has 0 aliphatic heterocycles. The van der Waals surface area contributed by atoms with Crippen LogP contribution in [0.2, 0.25) is 5.02 Å². The SMILES string of the molecule is COc1cn(C(Cc2ccccn2)C(=O)O)c(=O)cc1-c1cc(Cl)ccc1C(F)(F)F. The van der Waals surface area contributed by atoms with Crippen molar-refractivity contribution in [1.29, 1.82) is 0 Å². The van der Waals surface area contributed by atoms with E-state index in [-0.39, 0.29) is 28.3 Å². The number of ether oxygens (including phenoxy) is 1. The predicted octanol–water partition coefficient (Wildman–Crippen LogP) is 4.46. The summed E-state index contributed by atoms with van der Waals surface area (Å²) in [4.78, 5) is 28.7. The number of aromatic nitrogens is 2. The minimum Gasteiger partial charge on any atom is -0.495 e. The second-order valence-electron chi connectivity index (χ2n) is 6.57. The lowest BCUT2D eigenvalue weighted by Crippen LogP contribution is -2.31. The number of carbonyl (C=O) groups is 1. The number of aliphatic carboxylic acids is 1. The Morgan fingerprint density at radius 3 is 2.55 bits per heavy atom. The van der Waals surface area contributed by atoms with Crippen LogP contribution in [0.25, 0.3) is 11.1 Å². The highest BCUT2D eigenvalue weighted by molar-refractivity contribution is 6.30. The van der Waals surface area contributed by atoms with Gasteiger partial charge in [-0.1, -0.05) is 17.7 Å². The number of pyridine rings is 2. The van der Waals surface area contributed by atoms with Gasteiger partial charge in [0.05, 0.1) is 18.9 Å². The standard InChI is InChI=1S/C21H16ClF3N2O4/c1-31-18-11-27(17(20(29)30)9-13-4-2-3-7-26-13)19(28)10-15(18)14-8-12(22)5-6-16(14)21(23,24)25/h2-8,10-11,17H,9H2,1H3,(H,29,30). The first-order valence-electron chi connectivity index (χ1n) is 8.92. The van der Waals surface area contributed by atoms with Gasteiger partial charge in [-0.15, -0.1) is 0 Å². The van der Waals surface area contributed by atoms with Crippen molar-refractivity contribution in [2.75, 3.05) is 7.11 Å². The fourth-order valence-electron chi connectivity index (χ4n) is 3.15. The van der Waals surface area contributed by atoms with Gasteiger partial charge in [-0.05, 0) is 35.9 Å². The third-order valence-corrected chi connectivity index (χ3v) is 4.83. The molecule has 162 valence electrons. The Hall–Kier alpha value is -3.33. The highest BCUT2D eigenvalue weighted by Crippen LogP contribution is 2.41. The summed E-state index contributed by atoms with van der Waals surface area (Å²) >= 11 is 5.89. The van der Waals surface area contributed by atoms with Crippen molar-refractivity contribution in [2.45, 2.75) is 18.6 Å². The number of carboxylic acids is 1. The first kappa shape index (κ1) is 22.4. The quantitative estimate of drug-likeness (QED) is 0.597. The van der Waals surface area contributed by atoms with E-state index in [2.05, 4.69) is 4.98 Å². The molecule has 1 aromatic carbocycles. The van der Waals surface area contributed by atoms with Gasteiger partial charge in [-0.25, -0.2) is 4.79 Å². The maximum Gasteiger partial charge on any atom is 0.417 e. The first-order valence-corrected chi connectivity index (χ1v) is 9.29. The zero-order chi connectivity index (χ0) is 22.8. The Labute approximate surface area is 179 Å². The Morgan fingerprint density at radius 1 is 1.23 bits per heavy atom. The Bertz CT molecular complexity index is 1160. The van der Waals surface area contributed by atoms with Crippen molar-refractivity contribution in [3.05, 3.63) is 81.5 Å². The summed E-state index contributed by atoms with van der Waals surface area (Å²) in [5, 5.41) is 9.69. The van der Waals surface area contributed by atoms with E-state index < -0.39 is 29.3 Å². The topological polar surface area (TPSA) is 81.4 Å². The molecule has 2 aromatic heterocycles. The third-order valence-electron chi connectivity index (χ3n) is 4.59. The summed E-state index contributed by atoms with van der Waals surface area (Å²) in [5.41, 5.74) is -1.89. The minimum atomic E-state index is -4.71. The van der Waals surface area contributed by atoms with Crippen molar-refractivity contribution in [1.82, 2.24) is 9.55 Å². The summed E-state index contributed by atoms with van der Waals surface area (Å²) in [5.74, 6) is -1.42. The van der Waals surface area contributed by atoms with Crippen molar-refractivity contribution in [3.8, 4) is 16.9 Å². The molecule has 0 saturated carbocycles. The fourth-order valence-corrected chi connectivity index (χ4v) is 3.33. The van der Waals surface area contributed by atoms with E-state index in [9.17, 15) is 27.9 Å². The molecule has 0 radical (unpaired) electrons. The number of hydrogen-bond acceptors (Lipinski definition) is 4. The van der Waals surface area contributed by atoms with Gasteiger partial charge < -0.3 is 9.84 Å². The molecule has 0 aliphatic carbocycles. The van der Waals surface area contributed by atoms with Gasteiger partial charge in [0.1, 0.15) is 11.8 Å². The molecular formula is C21H16ClF3N2O4. The second kappa shape index (κ2) is 8.81. The van der Waals surface area contributed by atoms with Gasteiger partial charge in [-0.2, -0.15) is 13.2 Å². The molecule has 1 unspecified atom stereocenters. The molecule has 10 heteroatoms. The molecule has 0 spiro atoms. The normalized spacial score (nSPS) is 12.4. The van der Waals surface area contributed by atoms with Crippen LogP contribution in [0.15, 0.2) is 59.7 Å². The number of alkyl halides is 3. The lowest BCUT2D eigenvalue weighted by Gasteiger charge is -2.20. The Balaban J connectivity index is 2.16. The molecule has 0 saturated heterocycles. The molecule has 0 amide bonds. The van der Waals surface area contributed by atoms with Crippen LogP contribution >= 0.6 is 11.6 Å². The van der Waals surface area contributed by atoms with Gasteiger partial charge >= 0.3 is 12.1 Å². The maximum absolute atomic E-state index is 13.5. The highest BCUT2D eigenvalue weighted by Gasteiger charge is 2.35. The van der Waals surface area contributed by atoms with Crippen LogP contribution in [-0.2, 0) is 17.4 Å². The molecular weight excluding hydrogens is 437 g/mol. The molecule has 6 nitrogen and oxygen atoms in total. The minimum absolute atomic E-state index is 0.0350. The number of benzene rings is 1. The van der Waals surface area contributed by atoms with E-state index in [1.54, 1.807) is 18.2 Å². The number of nitrogens with zero attached hydrogens (tertiary/aromatic N) is 2. The van der Waals surface area contributed by atoms with Crippen LogP contribution in [0.3, 0.4) is 0 Å². The van der Waals surface area contributed by atoms with Crippen LogP contribution in [0.5, 0.6) is 5.75 Å². The molecule has 2 heterocycles. The van der Waals surface area contributed by atoms with E-state index in [0.29, 0.717) is 5.69 Å². The predicted molar refractivity (Wildman–Crippen MR) is 107 cm³/mol. The summed E-state index contributed by atoms with van der Waals surface area (Å²) in [6.45, 7) is 0. The summed E-state index contributed by atoms with van der Waals surface area (Å²) in [6.07, 6.45) is -2.25. The summed E-state index contributed by atoms with van der Waals surface area (Å²) < 4.78 is 46.6. The number of methoxy groups -OCH3 is 1. The lowest BCUT2D eigenvalue weighted by atomic mass is 9.99. The van der Waals surface area contributed by atoms with E-state index >= 15 is 0 Å². The number of halogens is 4. The number of rotatable bonds is 6. The molecule has 3 aromatic rings. The van der Waals surface area contributed by atoms with Gasteiger partial charge in [0.25, 0.3) is 5.56 Å². The largest absolute Gasteiger partial charge is 0.495 e. The Morgan fingerprint density at radius 2 is 1.97 bits per heavy atom. The van der Waals surface area contributed by atoms with Gasteiger partial charge in [-0.3, -0.25) is 14.3 Å². The zero-order valence-electron chi connectivity index (χ0n) is 16.1. The van der Waals surface area contributed by atoms with Crippen LogP contribution in [0.4, 0.5) is 13.2 Å². The molecule has 3 rings (SSSR count). The lowest BCUT2D eigenvalue weighted by molar-refractivity contribution is -0.141. The first-order chi connectivity index (χ1) is 14.6. The van der Waals surface area contributed by atoms with Crippen LogP contribution in [0, 0.1) is 0 Å². The average Bonchev–Trinajstić information content (AvgIpc) is 2.71. The molecule has 1 atom stereocenters. The van der Waals surface area contributed by atoms with Gasteiger partial charge in [0.15, 0.2) is 0 Å².